The Hall–Kier alpha value is -1.06. The quantitative estimate of drug-likeness (QED) is 0.630. The van der Waals surface area contributed by atoms with E-state index in [2.05, 4.69) is 12.1 Å². The maximum absolute atomic E-state index is 9.78. The van der Waals surface area contributed by atoms with Crippen LogP contribution in [0, 0.1) is 0 Å². The molecule has 3 aliphatic rings. The van der Waals surface area contributed by atoms with Crippen molar-refractivity contribution in [3.05, 3.63) is 35.9 Å². The van der Waals surface area contributed by atoms with Gasteiger partial charge in [-0.15, -0.1) is 0 Å². The summed E-state index contributed by atoms with van der Waals surface area (Å²) in [6, 6.07) is 10.2. The van der Waals surface area contributed by atoms with E-state index in [1.165, 1.54) is 5.56 Å². The minimum Gasteiger partial charge on any atom is -0.391 e. The zero-order valence-electron chi connectivity index (χ0n) is 20.0. The van der Waals surface area contributed by atoms with E-state index >= 15 is 0 Å². The second-order valence-electron chi connectivity index (χ2n) is 9.24. The number of aliphatic hydroxyl groups is 3. The number of benzene rings is 1. The van der Waals surface area contributed by atoms with Crippen molar-refractivity contribution in [3.63, 3.8) is 0 Å². The van der Waals surface area contributed by atoms with Crippen molar-refractivity contribution in [1.29, 1.82) is 0 Å². The van der Waals surface area contributed by atoms with Crippen molar-refractivity contribution in [1.82, 2.24) is 0 Å². The Morgan fingerprint density at radius 3 is 2.19 bits per heavy atom. The molecular formula is C25H42O7. The Morgan fingerprint density at radius 1 is 0.969 bits per heavy atom. The molecule has 3 fully saturated rings. The van der Waals surface area contributed by atoms with E-state index in [0.29, 0.717) is 6.61 Å². The van der Waals surface area contributed by atoms with Gasteiger partial charge in [-0.2, -0.15) is 0 Å². The fourth-order valence-corrected chi connectivity index (χ4v) is 3.90. The summed E-state index contributed by atoms with van der Waals surface area (Å²) in [5.74, 6) is 0. The molecule has 1 aromatic rings. The lowest BCUT2D eigenvalue weighted by Gasteiger charge is -2.40. The normalized spacial score (nSPS) is 34.3. The minimum atomic E-state index is -0.432. The predicted molar refractivity (Wildman–Crippen MR) is 122 cm³/mol. The maximum Gasteiger partial charge on any atom is 0.157 e. The van der Waals surface area contributed by atoms with Gasteiger partial charge in [0.1, 0.15) is 0 Å². The van der Waals surface area contributed by atoms with Crippen molar-refractivity contribution < 1.29 is 34.3 Å². The minimum absolute atomic E-state index is 0.0845. The molecule has 0 saturated carbocycles. The van der Waals surface area contributed by atoms with Crippen LogP contribution in [0.2, 0.25) is 0 Å². The van der Waals surface area contributed by atoms with E-state index < -0.39 is 5.60 Å². The highest BCUT2D eigenvalue weighted by atomic mass is 16.7. The fraction of sp³-hybridized carbons (Fsp3) is 0.760. The van der Waals surface area contributed by atoms with Crippen LogP contribution in [0.1, 0.15) is 71.0 Å². The number of rotatable bonds is 2. The largest absolute Gasteiger partial charge is 0.391 e. The zero-order chi connectivity index (χ0) is 23.6. The molecule has 7 heteroatoms. The van der Waals surface area contributed by atoms with Crippen LogP contribution in [0.15, 0.2) is 30.3 Å². The molecule has 0 aliphatic carbocycles. The van der Waals surface area contributed by atoms with Gasteiger partial charge >= 0.3 is 0 Å². The van der Waals surface area contributed by atoms with Crippen molar-refractivity contribution in [3.8, 4) is 0 Å². The Kier molecular flexibility index (Phi) is 11.6. The summed E-state index contributed by atoms with van der Waals surface area (Å²) in [5.41, 5.74) is 0.774. The Morgan fingerprint density at radius 2 is 1.69 bits per heavy atom. The number of hydrogen-bond acceptors (Lipinski definition) is 7. The second kappa shape index (κ2) is 13.6. The van der Waals surface area contributed by atoms with E-state index in [1.807, 2.05) is 39.0 Å². The molecule has 0 amide bonds. The third kappa shape index (κ3) is 9.06. The topological polar surface area (TPSA) is 97.6 Å². The van der Waals surface area contributed by atoms with E-state index in [1.54, 1.807) is 7.11 Å². The first-order valence-electron chi connectivity index (χ1n) is 11.8. The van der Waals surface area contributed by atoms with Gasteiger partial charge in [-0.1, -0.05) is 30.3 Å². The molecule has 184 valence electrons. The molecule has 7 nitrogen and oxygen atoms in total. The van der Waals surface area contributed by atoms with Gasteiger partial charge in [0, 0.05) is 20.1 Å². The molecule has 4 rings (SSSR count). The summed E-state index contributed by atoms with van der Waals surface area (Å²) in [6.07, 6.45) is 4.30. The van der Waals surface area contributed by atoms with Gasteiger partial charge in [0.25, 0.3) is 0 Å². The molecule has 0 radical (unpaired) electrons. The average Bonchev–Trinajstić information content (AvgIpc) is 2.79. The molecule has 6 atom stereocenters. The van der Waals surface area contributed by atoms with Gasteiger partial charge in [0.05, 0.1) is 42.7 Å². The Bertz CT molecular complexity index is 618. The highest BCUT2D eigenvalue weighted by Gasteiger charge is 2.36. The molecule has 3 heterocycles. The molecule has 3 saturated heterocycles. The monoisotopic (exact) mass is 454 g/mol. The molecule has 0 bridgehead atoms. The van der Waals surface area contributed by atoms with E-state index in [0.717, 1.165) is 45.1 Å². The number of hydrogen-bond donors (Lipinski definition) is 3. The van der Waals surface area contributed by atoms with Gasteiger partial charge in [-0.3, -0.25) is 0 Å². The molecule has 3 aliphatic heterocycles. The smallest absolute Gasteiger partial charge is 0.157 e. The van der Waals surface area contributed by atoms with Crippen LogP contribution < -0.4 is 0 Å². The third-order valence-electron chi connectivity index (χ3n) is 6.13. The summed E-state index contributed by atoms with van der Waals surface area (Å²) in [5, 5.41) is 27.8. The van der Waals surface area contributed by atoms with Crippen molar-refractivity contribution >= 4 is 0 Å². The van der Waals surface area contributed by atoms with E-state index in [9.17, 15) is 10.2 Å². The molecular weight excluding hydrogens is 412 g/mol. The van der Waals surface area contributed by atoms with Gasteiger partial charge in [0.15, 0.2) is 6.29 Å². The molecule has 0 spiro atoms. The first kappa shape index (κ1) is 27.2. The van der Waals surface area contributed by atoms with Crippen LogP contribution in [0.5, 0.6) is 0 Å². The number of aliphatic hydroxyl groups excluding tert-OH is 3. The van der Waals surface area contributed by atoms with Crippen molar-refractivity contribution in [2.75, 3.05) is 20.3 Å². The maximum atomic E-state index is 9.78. The highest BCUT2D eigenvalue weighted by Crippen LogP contribution is 2.36. The van der Waals surface area contributed by atoms with Crippen LogP contribution in [0.25, 0.3) is 0 Å². The molecule has 32 heavy (non-hydrogen) atoms. The van der Waals surface area contributed by atoms with Crippen LogP contribution in [-0.4, -0.2) is 72.0 Å². The zero-order valence-corrected chi connectivity index (χ0v) is 20.0. The summed E-state index contributed by atoms with van der Waals surface area (Å²) in [6.45, 7) is 7.13. The summed E-state index contributed by atoms with van der Waals surface area (Å²) in [4.78, 5) is 0. The molecule has 0 aromatic heterocycles. The summed E-state index contributed by atoms with van der Waals surface area (Å²) in [7, 11) is 1.62. The summed E-state index contributed by atoms with van der Waals surface area (Å²) < 4.78 is 21.1. The lowest BCUT2D eigenvalue weighted by Crippen LogP contribution is -2.43. The number of methoxy groups -OCH3 is 1. The predicted octanol–water partition coefficient (Wildman–Crippen LogP) is 3.35. The van der Waals surface area contributed by atoms with Gasteiger partial charge in [-0.25, -0.2) is 0 Å². The highest BCUT2D eigenvalue weighted by molar-refractivity contribution is 5.18. The average molecular weight is 455 g/mol. The lowest BCUT2D eigenvalue weighted by molar-refractivity contribution is -0.206. The first-order chi connectivity index (χ1) is 15.2. The van der Waals surface area contributed by atoms with Crippen LogP contribution >= 0.6 is 0 Å². The van der Waals surface area contributed by atoms with Gasteiger partial charge in [-0.05, 0) is 58.4 Å². The van der Waals surface area contributed by atoms with Crippen LogP contribution in [-0.2, 0) is 18.9 Å². The SMILES string of the molecule is CC1(C)O[C@H](c2ccccc2)CC[C@@H]1O.COC1CCC(O)C(C)O1.OC1CCCOC1. The Labute approximate surface area is 192 Å². The number of ether oxygens (including phenoxy) is 4. The first-order valence-corrected chi connectivity index (χ1v) is 11.8. The van der Waals surface area contributed by atoms with Crippen LogP contribution in [0.3, 0.4) is 0 Å². The van der Waals surface area contributed by atoms with Crippen molar-refractivity contribution in [2.24, 2.45) is 0 Å². The third-order valence-corrected chi connectivity index (χ3v) is 6.13. The van der Waals surface area contributed by atoms with Gasteiger partial charge < -0.3 is 34.3 Å². The lowest BCUT2D eigenvalue weighted by atomic mass is 9.89. The van der Waals surface area contributed by atoms with E-state index in [4.69, 9.17) is 24.1 Å². The summed E-state index contributed by atoms with van der Waals surface area (Å²) >= 11 is 0. The Balaban J connectivity index is 0.000000184. The standard InChI is InChI=1S/C13H18O2.C7H14O3.C5H10O2/c1-13(2)12(14)9-8-11(15-13)10-6-4-3-5-7-10;1-5-6(8)3-4-7(9-2)10-5;6-5-2-1-3-7-4-5/h3-7,11-12,14H,8-9H2,1-2H3;5-8H,3-4H2,1-2H3;5-6H,1-4H2/t11-,12-;;/m0../s1. The molecule has 1 aromatic carbocycles. The molecule has 3 N–H and O–H groups in total. The fourth-order valence-electron chi connectivity index (χ4n) is 3.90. The second-order valence-corrected chi connectivity index (χ2v) is 9.24. The van der Waals surface area contributed by atoms with Crippen molar-refractivity contribution in [2.45, 2.75) is 102 Å². The van der Waals surface area contributed by atoms with Gasteiger partial charge in [0.2, 0.25) is 0 Å². The van der Waals surface area contributed by atoms with Crippen LogP contribution in [0.4, 0.5) is 0 Å². The van der Waals surface area contributed by atoms with E-state index in [-0.39, 0.29) is 36.8 Å². The molecule has 4 unspecified atom stereocenters.